The predicted octanol–water partition coefficient (Wildman–Crippen LogP) is 2.97. The normalized spacial score (nSPS) is 9.48. The van der Waals surface area contributed by atoms with Crippen molar-refractivity contribution in [3.63, 3.8) is 0 Å². The summed E-state index contributed by atoms with van der Waals surface area (Å²) in [4.78, 5) is 20.0. The van der Waals surface area contributed by atoms with E-state index in [4.69, 9.17) is 0 Å². The molecule has 0 saturated carbocycles. The summed E-state index contributed by atoms with van der Waals surface area (Å²) in [5.74, 6) is -1.83. The molecule has 4 nitrogen and oxygen atoms in total. The molecule has 141 valence electrons. The fourth-order valence-electron chi connectivity index (χ4n) is 2.10. The number of aliphatic carboxylic acids is 2. The standard InChI is InChI=1S/2C9H18O2.Cu/c2*1-2-3-4-5-6-7-8-9(10)11;/h2*2-8H2,1H3,(H,10,11);/q;;+2/p-2. The molecule has 5 heteroatoms. The van der Waals surface area contributed by atoms with Gasteiger partial charge in [0, 0.05) is 11.9 Å². The first kappa shape index (κ1) is 27.3. The number of carbonyl (C=O) groups is 2. The molecule has 0 atom stereocenters. The second-order valence-corrected chi connectivity index (χ2v) is 5.78. The number of unbranched alkanes of at least 4 members (excludes halogenated alkanes) is 10. The Balaban J connectivity index is -0.000000333. The number of hydrogen-bond donors (Lipinski definition) is 0. The van der Waals surface area contributed by atoms with Gasteiger partial charge >= 0.3 is 17.1 Å². The third-order valence-corrected chi connectivity index (χ3v) is 3.47. The Morgan fingerprint density at radius 3 is 1.09 bits per heavy atom. The molecule has 0 fully saturated rings. The molecule has 0 aromatic heterocycles. The minimum absolute atomic E-state index is 0. The minimum atomic E-state index is -0.916. The average molecular weight is 378 g/mol. The van der Waals surface area contributed by atoms with Crippen LogP contribution in [0.1, 0.15) is 104 Å². The van der Waals surface area contributed by atoms with E-state index in [0.717, 1.165) is 25.7 Å². The zero-order valence-corrected chi connectivity index (χ0v) is 15.8. The predicted molar refractivity (Wildman–Crippen MR) is 86.0 cm³/mol. The molecule has 0 N–H and O–H groups in total. The molecular weight excluding hydrogens is 344 g/mol. The molecule has 0 aliphatic rings. The van der Waals surface area contributed by atoms with Crippen LogP contribution in [0.25, 0.3) is 0 Å². The molecule has 0 amide bonds. The molecule has 0 rings (SSSR count). The Kier molecular flexibility index (Phi) is 28.2. The quantitative estimate of drug-likeness (QED) is 0.344. The van der Waals surface area contributed by atoms with E-state index in [1.165, 1.54) is 51.4 Å². The first-order valence-electron chi connectivity index (χ1n) is 8.94. The van der Waals surface area contributed by atoms with Crippen molar-refractivity contribution in [2.75, 3.05) is 0 Å². The molecule has 0 aliphatic carbocycles. The summed E-state index contributed by atoms with van der Waals surface area (Å²) in [6.45, 7) is 4.34. The Labute approximate surface area is 152 Å². The Hall–Kier alpha value is -0.541. The number of carbonyl (C=O) groups excluding carboxylic acids is 2. The third kappa shape index (κ3) is 34.0. The fourth-order valence-corrected chi connectivity index (χ4v) is 2.10. The number of carboxylic acid groups (broad SMARTS) is 2. The summed E-state index contributed by atoms with van der Waals surface area (Å²) in [5, 5.41) is 20.0. The van der Waals surface area contributed by atoms with E-state index in [1.807, 2.05) is 0 Å². The molecule has 1 radical (unpaired) electrons. The van der Waals surface area contributed by atoms with Crippen molar-refractivity contribution in [2.24, 2.45) is 0 Å². The molecular formula is C18H34CuO4. The van der Waals surface area contributed by atoms with Crippen LogP contribution in [0.4, 0.5) is 0 Å². The monoisotopic (exact) mass is 377 g/mol. The van der Waals surface area contributed by atoms with E-state index in [0.29, 0.717) is 0 Å². The maximum absolute atomic E-state index is 9.98. The summed E-state index contributed by atoms with van der Waals surface area (Å²) in [6.07, 6.45) is 13.9. The summed E-state index contributed by atoms with van der Waals surface area (Å²) in [7, 11) is 0. The molecule has 23 heavy (non-hydrogen) atoms. The van der Waals surface area contributed by atoms with E-state index in [2.05, 4.69) is 13.8 Å². The second kappa shape index (κ2) is 23.7. The van der Waals surface area contributed by atoms with Gasteiger partial charge in [0.25, 0.3) is 0 Å². The van der Waals surface area contributed by atoms with Crippen molar-refractivity contribution in [1.29, 1.82) is 0 Å². The van der Waals surface area contributed by atoms with Gasteiger partial charge in [-0.05, 0) is 25.7 Å². The van der Waals surface area contributed by atoms with Crippen LogP contribution in [0.15, 0.2) is 0 Å². The maximum Gasteiger partial charge on any atom is 2.00 e. The second-order valence-electron chi connectivity index (χ2n) is 5.78. The van der Waals surface area contributed by atoms with Crippen LogP contribution in [0, 0.1) is 0 Å². The van der Waals surface area contributed by atoms with Crippen LogP contribution in [0.3, 0.4) is 0 Å². The van der Waals surface area contributed by atoms with Crippen LogP contribution < -0.4 is 10.2 Å². The molecule has 0 aliphatic heterocycles. The zero-order valence-electron chi connectivity index (χ0n) is 14.8. The van der Waals surface area contributed by atoms with E-state index in [1.54, 1.807) is 0 Å². The zero-order chi connectivity index (χ0) is 17.1. The number of hydrogen-bond acceptors (Lipinski definition) is 4. The van der Waals surface area contributed by atoms with Crippen LogP contribution in [-0.4, -0.2) is 11.9 Å². The van der Waals surface area contributed by atoms with Crippen molar-refractivity contribution < 1.29 is 36.9 Å². The van der Waals surface area contributed by atoms with Gasteiger partial charge < -0.3 is 19.8 Å². The summed E-state index contributed by atoms with van der Waals surface area (Å²) < 4.78 is 0. The number of carboxylic acids is 2. The third-order valence-electron chi connectivity index (χ3n) is 3.47. The molecule has 0 aromatic rings. The Bertz CT molecular complexity index is 231. The van der Waals surface area contributed by atoms with Gasteiger partial charge in [0.15, 0.2) is 0 Å². The van der Waals surface area contributed by atoms with Gasteiger partial charge in [-0.15, -0.1) is 0 Å². The Morgan fingerprint density at radius 2 is 0.826 bits per heavy atom. The van der Waals surface area contributed by atoms with Crippen LogP contribution in [0.2, 0.25) is 0 Å². The van der Waals surface area contributed by atoms with Crippen LogP contribution >= 0.6 is 0 Å². The maximum atomic E-state index is 9.98. The molecule has 0 saturated heterocycles. The molecule has 0 spiro atoms. The van der Waals surface area contributed by atoms with E-state index in [-0.39, 0.29) is 29.9 Å². The topological polar surface area (TPSA) is 80.3 Å². The van der Waals surface area contributed by atoms with Crippen molar-refractivity contribution in [1.82, 2.24) is 0 Å². The first-order chi connectivity index (χ1) is 10.5. The smallest absolute Gasteiger partial charge is 0.550 e. The average Bonchev–Trinajstić information content (AvgIpc) is 2.46. The largest absolute Gasteiger partial charge is 2.00 e. The van der Waals surface area contributed by atoms with Crippen molar-refractivity contribution >= 4 is 11.9 Å². The van der Waals surface area contributed by atoms with Crippen molar-refractivity contribution in [2.45, 2.75) is 104 Å². The van der Waals surface area contributed by atoms with Gasteiger partial charge in [-0.2, -0.15) is 0 Å². The summed E-state index contributed by atoms with van der Waals surface area (Å²) >= 11 is 0. The van der Waals surface area contributed by atoms with Crippen molar-refractivity contribution in [3.8, 4) is 0 Å². The fraction of sp³-hybridized carbons (Fsp3) is 0.889. The summed E-state index contributed by atoms with van der Waals surface area (Å²) in [6, 6.07) is 0. The van der Waals surface area contributed by atoms with E-state index < -0.39 is 11.9 Å². The van der Waals surface area contributed by atoms with E-state index in [9.17, 15) is 19.8 Å². The molecule has 0 aromatic carbocycles. The van der Waals surface area contributed by atoms with Gasteiger partial charge in [0.05, 0.1) is 0 Å². The Morgan fingerprint density at radius 1 is 0.565 bits per heavy atom. The van der Waals surface area contributed by atoms with Crippen LogP contribution in [0.5, 0.6) is 0 Å². The van der Waals surface area contributed by atoms with Crippen molar-refractivity contribution in [3.05, 3.63) is 0 Å². The van der Waals surface area contributed by atoms with Gasteiger partial charge in [0.1, 0.15) is 0 Å². The minimum Gasteiger partial charge on any atom is -0.550 e. The number of rotatable bonds is 14. The molecule has 0 unspecified atom stereocenters. The summed E-state index contributed by atoms with van der Waals surface area (Å²) in [5.41, 5.74) is 0. The van der Waals surface area contributed by atoms with Crippen LogP contribution in [-0.2, 0) is 26.7 Å². The van der Waals surface area contributed by atoms with Gasteiger partial charge in [-0.25, -0.2) is 0 Å². The van der Waals surface area contributed by atoms with Gasteiger partial charge in [-0.3, -0.25) is 0 Å². The molecule has 0 bridgehead atoms. The van der Waals surface area contributed by atoms with Gasteiger partial charge in [-0.1, -0.05) is 78.1 Å². The van der Waals surface area contributed by atoms with E-state index >= 15 is 0 Å². The first-order valence-corrected chi connectivity index (χ1v) is 8.94. The SMILES string of the molecule is CCCCCCCCC(=O)[O-].CCCCCCCCC(=O)[O-].[Cu+2]. The molecule has 0 heterocycles. The van der Waals surface area contributed by atoms with Gasteiger partial charge in [0.2, 0.25) is 0 Å².